The lowest BCUT2D eigenvalue weighted by atomic mass is 10.1. The van der Waals surface area contributed by atoms with Gasteiger partial charge in [-0.15, -0.1) is 0 Å². The minimum absolute atomic E-state index is 0.0890. The molecule has 0 spiro atoms. The molecule has 0 aliphatic rings. The first kappa shape index (κ1) is 15.2. The summed E-state index contributed by atoms with van der Waals surface area (Å²) < 4.78 is 14.6. The van der Waals surface area contributed by atoms with Crippen molar-refractivity contribution in [1.29, 1.82) is 5.26 Å². The van der Waals surface area contributed by atoms with Crippen LogP contribution in [0.25, 0.3) is 0 Å². The van der Waals surface area contributed by atoms with E-state index < -0.39 is 5.82 Å². The molecule has 0 radical (unpaired) electrons. The fourth-order valence-corrected chi connectivity index (χ4v) is 2.33. The molecule has 2 rings (SSSR count). The second kappa shape index (κ2) is 7.00. The molecule has 0 aliphatic carbocycles. The number of nitrogens with zero attached hydrogens (tertiary/aromatic N) is 1. The Hall–Kier alpha value is -2.19. The highest BCUT2D eigenvalue weighted by Gasteiger charge is 2.09. The van der Waals surface area contributed by atoms with Gasteiger partial charge in [-0.1, -0.05) is 34.1 Å². The number of anilines is 1. The molecule has 2 aromatic carbocycles. The molecule has 106 valence electrons. The normalized spacial score (nSPS) is 9.95. The van der Waals surface area contributed by atoms with Crippen LogP contribution < -0.4 is 5.32 Å². The van der Waals surface area contributed by atoms with E-state index in [9.17, 15) is 9.18 Å². The van der Waals surface area contributed by atoms with E-state index in [-0.39, 0.29) is 23.6 Å². The largest absolute Gasteiger partial charge is 0.324 e. The van der Waals surface area contributed by atoms with E-state index in [0.717, 1.165) is 16.1 Å². The smallest absolute Gasteiger partial charge is 0.224 e. The van der Waals surface area contributed by atoms with Crippen molar-refractivity contribution in [2.45, 2.75) is 12.8 Å². The first-order chi connectivity index (χ1) is 10.1. The average Bonchev–Trinajstić information content (AvgIpc) is 2.48. The van der Waals surface area contributed by atoms with Gasteiger partial charge < -0.3 is 5.32 Å². The summed E-state index contributed by atoms with van der Waals surface area (Å²) in [7, 11) is 0. The van der Waals surface area contributed by atoms with Crippen molar-refractivity contribution in [3.8, 4) is 6.07 Å². The lowest BCUT2D eigenvalue weighted by Crippen LogP contribution is -2.13. The maximum Gasteiger partial charge on any atom is 0.224 e. The van der Waals surface area contributed by atoms with Crippen molar-refractivity contribution < 1.29 is 9.18 Å². The number of nitrogens with one attached hydrogen (secondary N) is 1. The van der Waals surface area contributed by atoms with E-state index >= 15 is 0 Å². The molecular weight excluding hydrogens is 335 g/mol. The molecule has 0 heterocycles. The van der Waals surface area contributed by atoms with Crippen LogP contribution in [0.5, 0.6) is 0 Å². The van der Waals surface area contributed by atoms with Gasteiger partial charge in [-0.3, -0.25) is 4.79 Å². The van der Waals surface area contributed by atoms with Crippen molar-refractivity contribution in [3.05, 3.63) is 63.9 Å². The Balaban J connectivity index is 1.96. The molecular formula is C16H12BrFN2O. The fraction of sp³-hybridized carbons (Fsp3) is 0.125. The zero-order chi connectivity index (χ0) is 15.2. The van der Waals surface area contributed by atoms with Crippen molar-refractivity contribution >= 4 is 27.5 Å². The Labute approximate surface area is 130 Å². The molecule has 0 atom stereocenters. The number of carbonyl (C=O) groups is 1. The molecule has 0 aliphatic heterocycles. The highest BCUT2D eigenvalue weighted by Crippen LogP contribution is 2.19. The quantitative estimate of drug-likeness (QED) is 0.908. The predicted octanol–water partition coefficient (Wildman–Crippen LogP) is 4.03. The van der Waals surface area contributed by atoms with Crippen LogP contribution in [0.4, 0.5) is 10.1 Å². The van der Waals surface area contributed by atoms with Crippen LogP contribution in [-0.4, -0.2) is 5.91 Å². The molecule has 0 unspecified atom stereocenters. The van der Waals surface area contributed by atoms with E-state index in [1.54, 1.807) is 0 Å². The van der Waals surface area contributed by atoms with Gasteiger partial charge in [0.05, 0.1) is 17.3 Å². The Morgan fingerprint density at radius 2 is 2.05 bits per heavy atom. The number of benzene rings is 2. The van der Waals surface area contributed by atoms with Crippen LogP contribution in [0.2, 0.25) is 0 Å². The topological polar surface area (TPSA) is 52.9 Å². The van der Waals surface area contributed by atoms with Gasteiger partial charge in [-0.2, -0.15) is 5.26 Å². The van der Waals surface area contributed by atoms with Gasteiger partial charge in [0, 0.05) is 10.9 Å². The summed E-state index contributed by atoms with van der Waals surface area (Å²) in [4.78, 5) is 11.8. The molecule has 3 nitrogen and oxygen atoms in total. The summed E-state index contributed by atoms with van der Waals surface area (Å²) in [5.41, 5.74) is 1.33. The van der Waals surface area contributed by atoms with Crippen LogP contribution >= 0.6 is 15.9 Å². The minimum Gasteiger partial charge on any atom is -0.324 e. The zero-order valence-electron chi connectivity index (χ0n) is 11.1. The minimum atomic E-state index is -0.608. The van der Waals surface area contributed by atoms with Crippen molar-refractivity contribution in [2.24, 2.45) is 0 Å². The molecule has 21 heavy (non-hydrogen) atoms. The second-order valence-electron chi connectivity index (χ2n) is 4.45. The van der Waals surface area contributed by atoms with Gasteiger partial charge in [0.1, 0.15) is 5.82 Å². The molecule has 1 amide bonds. The average molecular weight is 347 g/mol. The number of carbonyl (C=O) groups excluding carboxylic acids is 1. The zero-order valence-corrected chi connectivity index (χ0v) is 12.7. The van der Waals surface area contributed by atoms with Crippen LogP contribution in [-0.2, 0) is 11.2 Å². The Bertz CT molecular complexity index is 710. The number of hydrogen-bond donors (Lipinski definition) is 1. The maximum atomic E-state index is 13.7. The number of halogens is 2. The van der Waals surface area contributed by atoms with E-state index in [4.69, 9.17) is 5.26 Å². The SMILES string of the molecule is N#Cc1ccc(NC(=O)CCc2ccccc2Br)c(F)c1. The number of rotatable bonds is 4. The van der Waals surface area contributed by atoms with Gasteiger partial charge in [-0.25, -0.2) is 4.39 Å². The summed E-state index contributed by atoms with van der Waals surface area (Å²) >= 11 is 3.42. The molecule has 1 N–H and O–H groups in total. The molecule has 5 heteroatoms. The van der Waals surface area contributed by atoms with Crippen LogP contribution in [0.1, 0.15) is 17.5 Å². The van der Waals surface area contributed by atoms with E-state index in [0.29, 0.717) is 6.42 Å². The van der Waals surface area contributed by atoms with Gasteiger partial charge in [-0.05, 0) is 36.2 Å². The van der Waals surface area contributed by atoms with Crippen LogP contribution in [0.3, 0.4) is 0 Å². The predicted molar refractivity (Wildman–Crippen MR) is 82.2 cm³/mol. The highest BCUT2D eigenvalue weighted by molar-refractivity contribution is 9.10. The number of nitriles is 1. The molecule has 2 aromatic rings. The molecule has 0 saturated carbocycles. The van der Waals surface area contributed by atoms with Crippen molar-refractivity contribution in [1.82, 2.24) is 0 Å². The number of amides is 1. The lowest BCUT2D eigenvalue weighted by molar-refractivity contribution is -0.116. The van der Waals surface area contributed by atoms with E-state index in [2.05, 4.69) is 21.2 Å². The summed E-state index contributed by atoms with van der Waals surface area (Å²) in [5.74, 6) is -0.877. The molecule has 0 fully saturated rings. The van der Waals surface area contributed by atoms with Crippen molar-refractivity contribution in [2.75, 3.05) is 5.32 Å². The van der Waals surface area contributed by atoms with E-state index in [1.807, 2.05) is 30.3 Å². The first-order valence-electron chi connectivity index (χ1n) is 6.33. The third-order valence-corrected chi connectivity index (χ3v) is 3.73. The molecule has 0 aromatic heterocycles. The summed E-state index contributed by atoms with van der Waals surface area (Å²) in [5, 5.41) is 11.2. The third-order valence-electron chi connectivity index (χ3n) is 2.95. The first-order valence-corrected chi connectivity index (χ1v) is 7.12. The Morgan fingerprint density at radius 3 is 2.71 bits per heavy atom. The molecule has 0 saturated heterocycles. The van der Waals surface area contributed by atoms with Gasteiger partial charge >= 0.3 is 0 Å². The second-order valence-corrected chi connectivity index (χ2v) is 5.30. The van der Waals surface area contributed by atoms with Gasteiger partial charge in [0.25, 0.3) is 0 Å². The summed E-state index contributed by atoms with van der Waals surface area (Å²) in [6.07, 6.45) is 0.813. The number of aryl methyl sites for hydroxylation is 1. The highest BCUT2D eigenvalue weighted by atomic mass is 79.9. The van der Waals surface area contributed by atoms with Crippen LogP contribution in [0.15, 0.2) is 46.9 Å². The Morgan fingerprint density at radius 1 is 1.29 bits per heavy atom. The summed E-state index contributed by atoms with van der Waals surface area (Å²) in [6.45, 7) is 0. The van der Waals surface area contributed by atoms with Crippen molar-refractivity contribution in [3.63, 3.8) is 0 Å². The fourth-order valence-electron chi connectivity index (χ4n) is 1.85. The summed E-state index contributed by atoms with van der Waals surface area (Å²) in [6, 6.07) is 13.4. The van der Waals surface area contributed by atoms with E-state index in [1.165, 1.54) is 12.1 Å². The number of hydrogen-bond acceptors (Lipinski definition) is 2. The van der Waals surface area contributed by atoms with Gasteiger partial charge in [0.15, 0.2) is 0 Å². The van der Waals surface area contributed by atoms with Gasteiger partial charge in [0.2, 0.25) is 5.91 Å². The maximum absolute atomic E-state index is 13.7. The molecule has 0 bridgehead atoms. The monoisotopic (exact) mass is 346 g/mol. The van der Waals surface area contributed by atoms with Crippen LogP contribution in [0, 0.1) is 17.1 Å². The Kier molecular flexibility index (Phi) is 5.07. The lowest BCUT2D eigenvalue weighted by Gasteiger charge is -2.07. The third kappa shape index (κ3) is 4.14. The standard InChI is InChI=1S/C16H12BrFN2O/c17-13-4-2-1-3-12(13)6-8-16(21)20-15-7-5-11(10-19)9-14(15)18/h1-5,7,9H,6,8H2,(H,20,21).